The second kappa shape index (κ2) is 5.81. The molecule has 14 heavy (non-hydrogen) atoms. The van der Waals surface area contributed by atoms with Gasteiger partial charge in [0.2, 0.25) is 0 Å². The number of phenolic OH excluding ortho intramolecular Hbond substituents is 1. The Bertz CT molecular complexity index is 293. The first-order valence-electron chi connectivity index (χ1n) is 4.62. The van der Waals surface area contributed by atoms with Crippen molar-refractivity contribution in [2.75, 3.05) is 5.33 Å². The van der Waals surface area contributed by atoms with E-state index in [1.807, 2.05) is 0 Å². The van der Waals surface area contributed by atoms with Crippen LogP contribution in [0, 0.1) is 0 Å². The number of hydrogen-bond donors (Lipinski definition) is 1. The molecule has 1 aromatic rings. The molecule has 0 aliphatic heterocycles. The topological polar surface area (TPSA) is 37.3 Å². The van der Waals surface area contributed by atoms with Gasteiger partial charge >= 0.3 is 0 Å². The fraction of sp³-hybridized carbons (Fsp3) is 0.364. The van der Waals surface area contributed by atoms with E-state index < -0.39 is 0 Å². The third-order valence-electron chi connectivity index (χ3n) is 1.98. The van der Waals surface area contributed by atoms with Crippen LogP contribution in [0.3, 0.4) is 0 Å². The van der Waals surface area contributed by atoms with Gasteiger partial charge in [-0.25, -0.2) is 0 Å². The third-order valence-corrected chi connectivity index (χ3v) is 2.54. The standard InChI is InChI=1S/C11H13BrO2/c12-8-2-1-3-11(14)9-4-6-10(13)7-5-9/h4-7,13H,1-3,8H2. The molecule has 3 heteroatoms. The van der Waals surface area contributed by atoms with E-state index in [1.165, 1.54) is 12.1 Å². The number of benzene rings is 1. The minimum atomic E-state index is 0.144. The summed E-state index contributed by atoms with van der Waals surface area (Å²) < 4.78 is 0. The van der Waals surface area contributed by atoms with Crippen molar-refractivity contribution < 1.29 is 9.90 Å². The molecule has 0 saturated carbocycles. The van der Waals surface area contributed by atoms with Crippen molar-refractivity contribution in [1.82, 2.24) is 0 Å². The van der Waals surface area contributed by atoms with Crippen LogP contribution in [0.1, 0.15) is 29.6 Å². The molecule has 1 aromatic carbocycles. The Labute approximate surface area is 92.1 Å². The van der Waals surface area contributed by atoms with Crippen LogP contribution in [0.2, 0.25) is 0 Å². The fourth-order valence-corrected chi connectivity index (χ4v) is 1.57. The first-order chi connectivity index (χ1) is 6.74. The highest BCUT2D eigenvalue weighted by Gasteiger charge is 2.04. The molecular formula is C11H13BrO2. The van der Waals surface area contributed by atoms with Crippen molar-refractivity contribution in [1.29, 1.82) is 0 Å². The Balaban J connectivity index is 2.48. The summed E-state index contributed by atoms with van der Waals surface area (Å²) in [6.07, 6.45) is 2.51. The summed E-state index contributed by atoms with van der Waals surface area (Å²) in [5.41, 5.74) is 0.678. The highest BCUT2D eigenvalue weighted by molar-refractivity contribution is 9.09. The summed E-state index contributed by atoms with van der Waals surface area (Å²) in [4.78, 5) is 11.5. The summed E-state index contributed by atoms with van der Waals surface area (Å²) in [7, 11) is 0. The zero-order chi connectivity index (χ0) is 10.4. The van der Waals surface area contributed by atoms with Crippen molar-refractivity contribution in [3.05, 3.63) is 29.8 Å². The third kappa shape index (κ3) is 3.50. The molecule has 0 heterocycles. The number of alkyl halides is 1. The number of unbranched alkanes of at least 4 members (excludes halogenated alkanes) is 1. The maximum absolute atomic E-state index is 11.5. The van der Waals surface area contributed by atoms with Crippen LogP contribution in [0.15, 0.2) is 24.3 Å². The van der Waals surface area contributed by atoms with Gasteiger partial charge in [-0.3, -0.25) is 4.79 Å². The summed E-state index contributed by atoms with van der Waals surface area (Å²) in [5.74, 6) is 0.341. The predicted molar refractivity (Wildman–Crippen MR) is 60.1 cm³/mol. The number of rotatable bonds is 5. The summed E-state index contributed by atoms with van der Waals surface area (Å²) in [6, 6.07) is 6.40. The van der Waals surface area contributed by atoms with Crippen molar-refractivity contribution >= 4 is 21.7 Å². The minimum absolute atomic E-state index is 0.144. The van der Waals surface area contributed by atoms with E-state index in [2.05, 4.69) is 15.9 Å². The SMILES string of the molecule is O=C(CCCCBr)c1ccc(O)cc1. The van der Waals surface area contributed by atoms with Gasteiger partial charge in [-0.15, -0.1) is 0 Å². The number of Topliss-reactive ketones (excluding diaryl/α,β-unsaturated/α-hetero) is 1. The first-order valence-corrected chi connectivity index (χ1v) is 5.74. The Hall–Kier alpha value is -0.830. The Morgan fingerprint density at radius 2 is 1.86 bits per heavy atom. The van der Waals surface area contributed by atoms with E-state index in [0.29, 0.717) is 12.0 Å². The molecule has 0 aromatic heterocycles. The molecule has 0 aliphatic rings. The summed E-state index contributed by atoms with van der Waals surface area (Å²) >= 11 is 3.32. The molecule has 0 atom stereocenters. The number of aromatic hydroxyl groups is 1. The zero-order valence-electron chi connectivity index (χ0n) is 7.87. The smallest absolute Gasteiger partial charge is 0.162 e. The van der Waals surface area contributed by atoms with E-state index >= 15 is 0 Å². The highest BCUT2D eigenvalue weighted by atomic mass is 79.9. The van der Waals surface area contributed by atoms with Crippen molar-refractivity contribution in [3.63, 3.8) is 0 Å². The quantitative estimate of drug-likeness (QED) is 0.500. The molecule has 0 radical (unpaired) electrons. The average Bonchev–Trinajstić information content (AvgIpc) is 2.19. The Morgan fingerprint density at radius 1 is 1.21 bits per heavy atom. The van der Waals surface area contributed by atoms with Gasteiger partial charge in [0.1, 0.15) is 5.75 Å². The van der Waals surface area contributed by atoms with Crippen LogP contribution in [0.25, 0.3) is 0 Å². The zero-order valence-corrected chi connectivity index (χ0v) is 9.46. The van der Waals surface area contributed by atoms with Gasteiger partial charge in [0.25, 0.3) is 0 Å². The molecule has 0 saturated heterocycles. The van der Waals surface area contributed by atoms with Crippen LogP contribution in [-0.4, -0.2) is 16.2 Å². The van der Waals surface area contributed by atoms with Gasteiger partial charge in [-0.05, 0) is 37.1 Å². The van der Waals surface area contributed by atoms with Gasteiger partial charge in [0.05, 0.1) is 0 Å². The van der Waals surface area contributed by atoms with E-state index in [9.17, 15) is 4.79 Å². The van der Waals surface area contributed by atoms with Gasteiger partial charge in [-0.1, -0.05) is 15.9 Å². The van der Waals surface area contributed by atoms with Crippen LogP contribution in [0.5, 0.6) is 5.75 Å². The summed E-state index contributed by atoms with van der Waals surface area (Å²) in [5, 5.41) is 9.98. The molecule has 0 spiro atoms. The highest BCUT2D eigenvalue weighted by Crippen LogP contribution is 2.12. The maximum atomic E-state index is 11.5. The lowest BCUT2D eigenvalue weighted by molar-refractivity contribution is 0.0980. The predicted octanol–water partition coefficient (Wildman–Crippen LogP) is 3.14. The molecule has 76 valence electrons. The van der Waals surface area contributed by atoms with Crippen LogP contribution < -0.4 is 0 Å². The lowest BCUT2D eigenvalue weighted by atomic mass is 10.1. The van der Waals surface area contributed by atoms with Crippen LogP contribution in [-0.2, 0) is 0 Å². The average molecular weight is 257 g/mol. The number of ketones is 1. The Morgan fingerprint density at radius 3 is 2.43 bits per heavy atom. The lowest BCUT2D eigenvalue weighted by Crippen LogP contribution is -1.98. The molecule has 0 unspecified atom stereocenters. The van der Waals surface area contributed by atoms with Crippen molar-refractivity contribution in [3.8, 4) is 5.75 Å². The van der Waals surface area contributed by atoms with E-state index in [-0.39, 0.29) is 11.5 Å². The number of hydrogen-bond acceptors (Lipinski definition) is 2. The van der Waals surface area contributed by atoms with Gasteiger partial charge in [0, 0.05) is 17.3 Å². The molecular weight excluding hydrogens is 244 g/mol. The molecule has 0 amide bonds. The Kier molecular flexibility index (Phi) is 4.66. The van der Waals surface area contributed by atoms with Crippen molar-refractivity contribution in [2.45, 2.75) is 19.3 Å². The van der Waals surface area contributed by atoms with E-state index in [4.69, 9.17) is 5.11 Å². The molecule has 1 rings (SSSR count). The molecule has 0 aliphatic carbocycles. The minimum Gasteiger partial charge on any atom is -0.508 e. The normalized spacial score (nSPS) is 10.1. The van der Waals surface area contributed by atoms with Gasteiger partial charge < -0.3 is 5.11 Å². The molecule has 0 bridgehead atoms. The van der Waals surface area contributed by atoms with Crippen LogP contribution in [0.4, 0.5) is 0 Å². The van der Waals surface area contributed by atoms with E-state index in [0.717, 1.165) is 18.2 Å². The molecule has 0 fully saturated rings. The van der Waals surface area contributed by atoms with Gasteiger partial charge in [-0.2, -0.15) is 0 Å². The second-order valence-electron chi connectivity index (χ2n) is 3.12. The maximum Gasteiger partial charge on any atom is 0.162 e. The lowest BCUT2D eigenvalue weighted by Gasteiger charge is -2.00. The molecule has 2 nitrogen and oxygen atoms in total. The van der Waals surface area contributed by atoms with E-state index in [1.54, 1.807) is 12.1 Å². The number of halogens is 1. The first kappa shape index (κ1) is 11.2. The number of carbonyl (C=O) groups is 1. The second-order valence-corrected chi connectivity index (χ2v) is 3.91. The fourth-order valence-electron chi connectivity index (χ4n) is 1.17. The number of phenols is 1. The van der Waals surface area contributed by atoms with Gasteiger partial charge in [0.15, 0.2) is 5.78 Å². The summed E-state index contributed by atoms with van der Waals surface area (Å²) in [6.45, 7) is 0. The number of carbonyl (C=O) groups excluding carboxylic acids is 1. The largest absolute Gasteiger partial charge is 0.508 e. The van der Waals surface area contributed by atoms with Crippen molar-refractivity contribution in [2.24, 2.45) is 0 Å². The monoisotopic (exact) mass is 256 g/mol. The van der Waals surface area contributed by atoms with Crippen LogP contribution >= 0.6 is 15.9 Å². The molecule has 1 N–H and O–H groups in total.